The minimum Gasteiger partial charge on any atom is -0.384 e. The third-order valence-corrected chi connectivity index (χ3v) is 3.59. The van der Waals surface area contributed by atoms with Crippen LogP contribution in [0, 0.1) is 6.92 Å². The number of hydrogen-bond acceptors (Lipinski definition) is 4. The Morgan fingerprint density at radius 3 is 2.75 bits per heavy atom. The molecule has 1 fully saturated rings. The first-order chi connectivity index (χ1) is 9.61. The normalized spacial score (nSPS) is 14.3. The Bertz CT molecular complexity index is 620. The average molecular weight is 268 g/mol. The molecule has 1 aromatic heterocycles. The summed E-state index contributed by atoms with van der Waals surface area (Å²) >= 11 is 0. The van der Waals surface area contributed by atoms with Gasteiger partial charge < -0.3 is 10.6 Å². The van der Waals surface area contributed by atoms with Gasteiger partial charge in [-0.15, -0.1) is 0 Å². The van der Waals surface area contributed by atoms with Crippen LogP contribution in [0.25, 0.3) is 0 Å². The third kappa shape index (κ3) is 2.90. The van der Waals surface area contributed by atoms with Gasteiger partial charge in [0.1, 0.15) is 17.5 Å². The standard InChI is InChI=1S/C16H20N4/c1-11-4-3-5-12(8-11)10-20(2)15-9-14(17)18-16(19-15)13-6-7-13/h3-5,8-9,13H,6-7,10H2,1-2H3,(H2,17,18,19). The zero-order valence-corrected chi connectivity index (χ0v) is 12.0. The Labute approximate surface area is 119 Å². The van der Waals surface area contributed by atoms with Gasteiger partial charge in [-0.1, -0.05) is 29.8 Å². The summed E-state index contributed by atoms with van der Waals surface area (Å²) in [6.45, 7) is 2.93. The molecule has 0 aliphatic heterocycles. The number of benzene rings is 1. The largest absolute Gasteiger partial charge is 0.384 e. The Morgan fingerprint density at radius 1 is 1.25 bits per heavy atom. The molecule has 1 saturated carbocycles. The Morgan fingerprint density at radius 2 is 2.05 bits per heavy atom. The molecule has 1 aliphatic carbocycles. The van der Waals surface area contributed by atoms with Crippen molar-refractivity contribution in [2.45, 2.75) is 32.2 Å². The van der Waals surface area contributed by atoms with Gasteiger partial charge in [-0.2, -0.15) is 0 Å². The van der Waals surface area contributed by atoms with Crippen molar-refractivity contribution in [3.63, 3.8) is 0 Å². The first-order valence-corrected chi connectivity index (χ1v) is 7.03. The molecule has 0 amide bonds. The number of anilines is 2. The molecule has 2 N–H and O–H groups in total. The molecule has 0 bridgehead atoms. The highest BCUT2D eigenvalue weighted by Crippen LogP contribution is 2.38. The minimum absolute atomic E-state index is 0.518. The van der Waals surface area contributed by atoms with Gasteiger partial charge in [-0.05, 0) is 25.3 Å². The maximum absolute atomic E-state index is 5.90. The molecule has 4 heteroatoms. The van der Waals surface area contributed by atoms with Crippen molar-refractivity contribution in [3.8, 4) is 0 Å². The second-order valence-corrected chi connectivity index (χ2v) is 5.63. The van der Waals surface area contributed by atoms with Crippen LogP contribution in [0.2, 0.25) is 0 Å². The minimum atomic E-state index is 0.518. The highest BCUT2D eigenvalue weighted by atomic mass is 15.2. The lowest BCUT2D eigenvalue weighted by Gasteiger charge is -2.19. The monoisotopic (exact) mass is 268 g/mol. The molecule has 0 spiro atoms. The summed E-state index contributed by atoms with van der Waals surface area (Å²) in [7, 11) is 2.04. The van der Waals surface area contributed by atoms with E-state index in [0.29, 0.717) is 11.7 Å². The van der Waals surface area contributed by atoms with Crippen molar-refractivity contribution >= 4 is 11.6 Å². The first-order valence-electron chi connectivity index (χ1n) is 7.03. The predicted molar refractivity (Wildman–Crippen MR) is 81.7 cm³/mol. The van der Waals surface area contributed by atoms with Gasteiger partial charge in [-0.25, -0.2) is 9.97 Å². The van der Waals surface area contributed by atoms with Crippen LogP contribution in [0.5, 0.6) is 0 Å². The Kier molecular flexibility index (Phi) is 3.30. The zero-order chi connectivity index (χ0) is 14.1. The van der Waals surface area contributed by atoms with Crippen LogP contribution in [0.4, 0.5) is 11.6 Å². The quantitative estimate of drug-likeness (QED) is 0.926. The second-order valence-electron chi connectivity index (χ2n) is 5.63. The number of nitrogen functional groups attached to an aromatic ring is 1. The maximum atomic E-state index is 5.90. The molecule has 3 rings (SSSR count). The van der Waals surface area contributed by atoms with Crippen LogP contribution in [-0.2, 0) is 6.54 Å². The summed E-state index contributed by atoms with van der Waals surface area (Å²) in [5.74, 6) is 2.88. The lowest BCUT2D eigenvalue weighted by atomic mass is 10.1. The molecular formula is C16H20N4. The van der Waals surface area contributed by atoms with Crippen molar-refractivity contribution in [2.75, 3.05) is 17.7 Å². The van der Waals surface area contributed by atoms with E-state index in [1.54, 1.807) is 0 Å². The van der Waals surface area contributed by atoms with Crippen molar-refractivity contribution in [1.29, 1.82) is 0 Å². The number of rotatable bonds is 4. The Balaban J connectivity index is 1.81. The number of hydrogen-bond donors (Lipinski definition) is 1. The third-order valence-electron chi connectivity index (χ3n) is 3.59. The van der Waals surface area contributed by atoms with E-state index >= 15 is 0 Å². The van der Waals surface area contributed by atoms with Gasteiger partial charge in [0.15, 0.2) is 0 Å². The number of nitrogens with zero attached hydrogens (tertiary/aromatic N) is 3. The molecule has 20 heavy (non-hydrogen) atoms. The molecule has 0 radical (unpaired) electrons. The lowest BCUT2D eigenvalue weighted by molar-refractivity contribution is 0.856. The van der Waals surface area contributed by atoms with E-state index in [-0.39, 0.29) is 0 Å². The van der Waals surface area contributed by atoms with E-state index in [0.717, 1.165) is 18.2 Å². The summed E-state index contributed by atoms with van der Waals surface area (Å²) in [5.41, 5.74) is 8.45. The van der Waals surface area contributed by atoms with Gasteiger partial charge in [0.25, 0.3) is 0 Å². The first kappa shape index (κ1) is 12.9. The molecular weight excluding hydrogens is 248 g/mol. The predicted octanol–water partition coefficient (Wildman–Crippen LogP) is 2.88. The number of aromatic nitrogens is 2. The van der Waals surface area contributed by atoms with Crippen LogP contribution in [0.1, 0.15) is 35.7 Å². The van der Waals surface area contributed by atoms with Gasteiger partial charge in [-0.3, -0.25) is 0 Å². The van der Waals surface area contributed by atoms with E-state index < -0.39 is 0 Å². The van der Waals surface area contributed by atoms with Gasteiger partial charge in [0, 0.05) is 25.6 Å². The second kappa shape index (κ2) is 5.12. The molecule has 0 atom stereocenters. The van der Waals surface area contributed by atoms with Crippen LogP contribution in [0.15, 0.2) is 30.3 Å². The fraction of sp³-hybridized carbons (Fsp3) is 0.375. The molecule has 104 valence electrons. The molecule has 0 unspecified atom stereocenters. The van der Waals surface area contributed by atoms with Crippen LogP contribution < -0.4 is 10.6 Å². The smallest absolute Gasteiger partial charge is 0.136 e. The zero-order valence-electron chi connectivity index (χ0n) is 12.0. The number of aryl methyl sites for hydroxylation is 1. The summed E-state index contributed by atoms with van der Waals surface area (Å²) in [6.07, 6.45) is 2.37. The summed E-state index contributed by atoms with van der Waals surface area (Å²) in [6, 6.07) is 10.4. The fourth-order valence-corrected chi connectivity index (χ4v) is 2.36. The van der Waals surface area contributed by atoms with E-state index in [1.807, 2.05) is 13.1 Å². The highest BCUT2D eigenvalue weighted by molar-refractivity contribution is 5.47. The van der Waals surface area contributed by atoms with Gasteiger partial charge in [0.05, 0.1) is 0 Å². The van der Waals surface area contributed by atoms with E-state index in [4.69, 9.17) is 5.73 Å². The fourth-order valence-electron chi connectivity index (χ4n) is 2.36. The van der Waals surface area contributed by atoms with Crippen molar-refractivity contribution in [1.82, 2.24) is 9.97 Å². The summed E-state index contributed by atoms with van der Waals surface area (Å²) in [5, 5.41) is 0. The van der Waals surface area contributed by atoms with Gasteiger partial charge >= 0.3 is 0 Å². The van der Waals surface area contributed by atoms with Crippen molar-refractivity contribution in [3.05, 3.63) is 47.3 Å². The van der Waals surface area contributed by atoms with Crippen molar-refractivity contribution in [2.24, 2.45) is 0 Å². The molecule has 4 nitrogen and oxygen atoms in total. The highest BCUT2D eigenvalue weighted by Gasteiger charge is 2.27. The van der Waals surface area contributed by atoms with E-state index in [2.05, 4.69) is 46.1 Å². The molecule has 0 saturated heterocycles. The van der Waals surface area contributed by atoms with E-state index in [9.17, 15) is 0 Å². The van der Waals surface area contributed by atoms with Crippen LogP contribution in [-0.4, -0.2) is 17.0 Å². The summed E-state index contributed by atoms with van der Waals surface area (Å²) < 4.78 is 0. The van der Waals surface area contributed by atoms with Crippen molar-refractivity contribution < 1.29 is 0 Å². The Hall–Kier alpha value is -2.10. The lowest BCUT2D eigenvalue weighted by Crippen LogP contribution is -2.19. The summed E-state index contributed by atoms with van der Waals surface area (Å²) in [4.78, 5) is 11.1. The average Bonchev–Trinajstić information content (AvgIpc) is 3.22. The number of nitrogens with two attached hydrogens (primary N) is 1. The maximum Gasteiger partial charge on any atom is 0.136 e. The van der Waals surface area contributed by atoms with Crippen LogP contribution in [0.3, 0.4) is 0 Å². The topological polar surface area (TPSA) is 55.0 Å². The van der Waals surface area contributed by atoms with Gasteiger partial charge in [0.2, 0.25) is 0 Å². The molecule has 2 aromatic rings. The SMILES string of the molecule is Cc1cccc(CN(C)c2cc(N)nc(C3CC3)n2)c1. The van der Waals surface area contributed by atoms with E-state index in [1.165, 1.54) is 24.0 Å². The molecule has 1 aromatic carbocycles. The van der Waals surface area contributed by atoms with Crippen LogP contribution >= 0.6 is 0 Å². The molecule has 1 heterocycles. The molecule has 1 aliphatic rings.